The van der Waals surface area contributed by atoms with E-state index in [1.165, 1.54) is 7.11 Å². The number of nitrogens with one attached hydrogen (secondary N) is 2. The minimum atomic E-state index is -3.17. The summed E-state index contributed by atoms with van der Waals surface area (Å²) in [5.41, 5.74) is 0. The van der Waals surface area contributed by atoms with Crippen molar-refractivity contribution in [3.8, 4) is 0 Å². The molecule has 7 nitrogen and oxygen atoms in total. The van der Waals surface area contributed by atoms with Crippen LogP contribution in [0.4, 0.5) is 4.79 Å². The summed E-state index contributed by atoms with van der Waals surface area (Å²) in [4.78, 5) is 22.1. The molecule has 108 valence electrons. The summed E-state index contributed by atoms with van der Waals surface area (Å²) in [5, 5.41) is 4.73. The molecule has 3 atom stereocenters. The van der Waals surface area contributed by atoms with Crippen LogP contribution in [0.2, 0.25) is 0 Å². The van der Waals surface area contributed by atoms with Crippen LogP contribution in [0.3, 0.4) is 0 Å². The van der Waals surface area contributed by atoms with Crippen LogP contribution >= 0.6 is 0 Å². The van der Waals surface area contributed by atoms with Gasteiger partial charge in [-0.3, -0.25) is 4.79 Å². The van der Waals surface area contributed by atoms with E-state index in [0.29, 0.717) is 25.7 Å². The van der Waals surface area contributed by atoms with E-state index in [4.69, 9.17) is 0 Å². The SMILES string of the molecule is COC(=O)CCCC[C@H]1[C@H]2NC(=O)N[C@H]2CS1(=O)=O. The van der Waals surface area contributed by atoms with Crippen molar-refractivity contribution in [1.82, 2.24) is 10.6 Å². The quantitative estimate of drug-likeness (QED) is 0.406. The predicted octanol–water partition coefficient (Wildman–Crippen LogP) is -0.433. The predicted molar refractivity (Wildman–Crippen MR) is 67.3 cm³/mol. The zero-order valence-electron chi connectivity index (χ0n) is 10.7. The highest BCUT2D eigenvalue weighted by Gasteiger charge is 2.51. The highest BCUT2D eigenvalue weighted by molar-refractivity contribution is 7.92. The van der Waals surface area contributed by atoms with E-state index in [0.717, 1.165) is 0 Å². The molecule has 0 aliphatic carbocycles. The van der Waals surface area contributed by atoms with Gasteiger partial charge in [-0.1, -0.05) is 6.42 Å². The second-order valence-electron chi connectivity index (χ2n) is 4.94. The number of fused-ring (bicyclic) bond motifs is 1. The van der Waals surface area contributed by atoms with E-state index in [-0.39, 0.29) is 29.8 Å². The Hall–Kier alpha value is -1.31. The maximum Gasteiger partial charge on any atom is 0.315 e. The first-order chi connectivity index (χ1) is 8.94. The number of carbonyl (C=O) groups excluding carboxylic acids is 2. The van der Waals surface area contributed by atoms with Crippen molar-refractivity contribution in [3.05, 3.63) is 0 Å². The topological polar surface area (TPSA) is 102 Å². The lowest BCUT2D eigenvalue weighted by Gasteiger charge is -2.16. The Morgan fingerprint density at radius 2 is 2.11 bits per heavy atom. The number of hydrogen-bond acceptors (Lipinski definition) is 5. The van der Waals surface area contributed by atoms with Gasteiger partial charge in [0.15, 0.2) is 9.84 Å². The summed E-state index contributed by atoms with van der Waals surface area (Å²) in [5.74, 6) is -0.291. The van der Waals surface area contributed by atoms with Gasteiger partial charge in [0.1, 0.15) is 0 Å². The van der Waals surface area contributed by atoms with E-state index in [1.807, 2.05) is 0 Å². The molecule has 0 radical (unpaired) electrons. The van der Waals surface area contributed by atoms with Crippen LogP contribution in [0.25, 0.3) is 0 Å². The van der Waals surface area contributed by atoms with Crippen molar-refractivity contribution in [1.29, 1.82) is 0 Å². The Kier molecular flexibility index (Phi) is 3.98. The number of urea groups is 1. The number of esters is 1. The standard InChI is InChI=1S/C11H18N2O5S/c1-18-9(14)5-3-2-4-8-10-7(6-19(8,16)17)12-11(15)13-10/h7-8,10H,2-6H2,1H3,(H2,12,13,15)/t7-,8-,10-/m0/s1. The van der Waals surface area contributed by atoms with E-state index in [1.54, 1.807) is 0 Å². The molecule has 2 heterocycles. The van der Waals surface area contributed by atoms with Gasteiger partial charge in [-0.25, -0.2) is 13.2 Å². The zero-order chi connectivity index (χ0) is 14.0. The van der Waals surface area contributed by atoms with Gasteiger partial charge in [0.25, 0.3) is 0 Å². The van der Waals surface area contributed by atoms with Crippen molar-refractivity contribution in [3.63, 3.8) is 0 Å². The van der Waals surface area contributed by atoms with Crippen LogP contribution in [-0.4, -0.2) is 50.6 Å². The number of unbranched alkanes of at least 4 members (excludes halogenated alkanes) is 1. The largest absolute Gasteiger partial charge is 0.469 e. The number of rotatable bonds is 5. The monoisotopic (exact) mass is 290 g/mol. The molecule has 2 saturated heterocycles. The Labute approximate surface area is 112 Å². The normalized spacial score (nSPS) is 31.4. The number of sulfone groups is 1. The van der Waals surface area contributed by atoms with Gasteiger partial charge in [0.2, 0.25) is 0 Å². The molecule has 0 aromatic carbocycles. The molecule has 2 aliphatic rings. The summed E-state index contributed by atoms with van der Waals surface area (Å²) >= 11 is 0. The van der Waals surface area contributed by atoms with Crippen molar-refractivity contribution in [2.45, 2.75) is 43.0 Å². The lowest BCUT2D eigenvalue weighted by molar-refractivity contribution is -0.140. The molecule has 0 unspecified atom stereocenters. The number of amides is 2. The second-order valence-corrected chi connectivity index (χ2v) is 7.20. The van der Waals surface area contributed by atoms with Gasteiger partial charge >= 0.3 is 12.0 Å². The third-order valence-corrected chi connectivity index (χ3v) is 5.94. The number of carbonyl (C=O) groups is 2. The van der Waals surface area contributed by atoms with Crippen molar-refractivity contribution < 1.29 is 22.7 Å². The molecule has 19 heavy (non-hydrogen) atoms. The summed E-state index contributed by atoms with van der Waals surface area (Å²) in [7, 11) is -1.84. The minimum Gasteiger partial charge on any atom is -0.469 e. The molecule has 2 N–H and O–H groups in total. The number of methoxy groups -OCH3 is 1. The van der Waals surface area contributed by atoms with Gasteiger partial charge in [-0.05, 0) is 12.8 Å². The fourth-order valence-corrected chi connectivity index (χ4v) is 4.99. The van der Waals surface area contributed by atoms with Crippen LogP contribution in [0.5, 0.6) is 0 Å². The fraction of sp³-hybridized carbons (Fsp3) is 0.818. The molecule has 0 spiro atoms. The van der Waals surface area contributed by atoms with Gasteiger partial charge in [0, 0.05) is 6.42 Å². The van der Waals surface area contributed by atoms with Crippen LogP contribution in [0, 0.1) is 0 Å². The number of hydrogen-bond donors (Lipinski definition) is 2. The summed E-state index contributed by atoms with van der Waals surface area (Å²) < 4.78 is 28.5. The number of ether oxygens (including phenoxy) is 1. The third-order valence-electron chi connectivity index (χ3n) is 3.67. The molecular weight excluding hydrogens is 272 g/mol. The second kappa shape index (κ2) is 5.36. The molecule has 2 fully saturated rings. The van der Waals surface area contributed by atoms with E-state index in [2.05, 4.69) is 15.4 Å². The van der Waals surface area contributed by atoms with Crippen LogP contribution in [0.1, 0.15) is 25.7 Å². The molecule has 2 amide bonds. The van der Waals surface area contributed by atoms with Gasteiger partial charge in [-0.2, -0.15) is 0 Å². The van der Waals surface area contributed by atoms with E-state index < -0.39 is 15.1 Å². The molecular formula is C11H18N2O5S. The van der Waals surface area contributed by atoms with E-state index >= 15 is 0 Å². The first-order valence-corrected chi connectivity index (χ1v) is 8.01. The molecule has 0 aromatic heterocycles. The summed E-state index contributed by atoms with van der Waals surface area (Å²) in [6.45, 7) is 0. The maximum atomic E-state index is 12.0. The Balaban J connectivity index is 1.87. The Morgan fingerprint density at radius 3 is 2.79 bits per heavy atom. The molecule has 8 heteroatoms. The van der Waals surface area contributed by atoms with E-state index in [9.17, 15) is 18.0 Å². The molecule has 0 bridgehead atoms. The lowest BCUT2D eigenvalue weighted by Crippen LogP contribution is -2.39. The van der Waals surface area contributed by atoms with Crippen LogP contribution < -0.4 is 10.6 Å². The fourth-order valence-electron chi connectivity index (χ4n) is 2.72. The average molecular weight is 290 g/mol. The van der Waals surface area contributed by atoms with Gasteiger partial charge in [0.05, 0.1) is 30.2 Å². The summed E-state index contributed by atoms with van der Waals surface area (Å²) in [6.07, 6.45) is 1.97. The van der Waals surface area contributed by atoms with Crippen LogP contribution in [-0.2, 0) is 19.4 Å². The van der Waals surface area contributed by atoms with Crippen molar-refractivity contribution in [2.24, 2.45) is 0 Å². The molecule has 0 saturated carbocycles. The third kappa shape index (κ3) is 2.99. The Bertz CT molecular complexity index is 475. The minimum absolute atomic E-state index is 0.00191. The van der Waals surface area contributed by atoms with Gasteiger partial charge < -0.3 is 15.4 Å². The zero-order valence-corrected chi connectivity index (χ0v) is 11.5. The highest BCUT2D eigenvalue weighted by Crippen LogP contribution is 2.28. The first-order valence-electron chi connectivity index (χ1n) is 6.29. The molecule has 2 rings (SSSR count). The highest BCUT2D eigenvalue weighted by atomic mass is 32.2. The van der Waals surface area contributed by atoms with Crippen molar-refractivity contribution in [2.75, 3.05) is 12.9 Å². The lowest BCUT2D eigenvalue weighted by atomic mass is 10.0. The molecule has 2 aliphatic heterocycles. The van der Waals surface area contributed by atoms with Gasteiger partial charge in [-0.15, -0.1) is 0 Å². The average Bonchev–Trinajstić information content (AvgIpc) is 2.77. The first kappa shape index (κ1) is 14.1. The maximum absolute atomic E-state index is 12.0. The smallest absolute Gasteiger partial charge is 0.315 e. The Morgan fingerprint density at radius 1 is 1.37 bits per heavy atom. The molecule has 0 aromatic rings. The van der Waals surface area contributed by atoms with Crippen molar-refractivity contribution >= 4 is 21.8 Å². The van der Waals surface area contributed by atoms with Crippen LogP contribution in [0.15, 0.2) is 0 Å². The summed E-state index contributed by atoms with van der Waals surface area (Å²) in [6, 6.07) is -0.955.